The van der Waals surface area contributed by atoms with Crippen LogP contribution in [0.4, 0.5) is 0 Å². The summed E-state index contributed by atoms with van der Waals surface area (Å²) in [6, 6.07) is 10.00. The van der Waals surface area contributed by atoms with E-state index in [1.54, 1.807) is 15.9 Å². The Labute approximate surface area is 214 Å². The molecule has 0 bridgehead atoms. The molecule has 1 amide bonds. The van der Waals surface area contributed by atoms with Crippen molar-refractivity contribution in [2.24, 2.45) is 5.92 Å². The van der Waals surface area contributed by atoms with Crippen LogP contribution in [-0.4, -0.2) is 44.8 Å². The first-order valence-corrected chi connectivity index (χ1v) is 14.3. The normalized spacial score (nSPS) is 19.2. The van der Waals surface area contributed by atoms with Crippen molar-refractivity contribution >= 4 is 39.2 Å². The summed E-state index contributed by atoms with van der Waals surface area (Å²) >= 11 is 2.97. The van der Waals surface area contributed by atoms with Gasteiger partial charge in [-0.05, 0) is 43.2 Å². The Morgan fingerprint density at radius 1 is 1.17 bits per heavy atom. The number of fused-ring (bicyclic) bond motifs is 3. The van der Waals surface area contributed by atoms with Crippen LogP contribution in [0, 0.1) is 5.92 Å². The number of amides is 1. The highest BCUT2D eigenvalue weighted by Crippen LogP contribution is 2.36. The molecule has 2 unspecified atom stereocenters. The number of ether oxygens (including phenoxy) is 1. The van der Waals surface area contributed by atoms with Crippen molar-refractivity contribution in [2.75, 3.05) is 13.1 Å². The molecule has 2 aliphatic heterocycles. The lowest BCUT2D eigenvalue weighted by Crippen LogP contribution is -2.40. The SMILES string of the molecule is CC(Sc1nc2sc3c(c2c(=O)n1Cc1ccccc1)CC(C(C)C)OC3)C(=O)N1CCCCC1. The minimum Gasteiger partial charge on any atom is -0.372 e. The molecule has 1 saturated heterocycles. The Morgan fingerprint density at radius 2 is 1.91 bits per heavy atom. The van der Waals surface area contributed by atoms with Crippen LogP contribution in [0.1, 0.15) is 56.0 Å². The van der Waals surface area contributed by atoms with Crippen molar-refractivity contribution < 1.29 is 9.53 Å². The first-order chi connectivity index (χ1) is 16.9. The number of likely N-dealkylation sites (tertiary alicyclic amines) is 1. The highest BCUT2D eigenvalue weighted by Gasteiger charge is 2.30. The lowest BCUT2D eigenvalue weighted by Gasteiger charge is -2.29. The maximum atomic E-state index is 14.0. The fourth-order valence-electron chi connectivity index (χ4n) is 4.94. The quantitative estimate of drug-likeness (QED) is 0.340. The molecule has 1 fully saturated rings. The van der Waals surface area contributed by atoms with E-state index in [0.717, 1.165) is 58.6 Å². The molecule has 4 heterocycles. The smallest absolute Gasteiger partial charge is 0.263 e. The molecule has 0 aliphatic carbocycles. The maximum Gasteiger partial charge on any atom is 0.263 e. The Morgan fingerprint density at radius 3 is 2.63 bits per heavy atom. The number of thiophene rings is 1. The van der Waals surface area contributed by atoms with Gasteiger partial charge >= 0.3 is 0 Å². The van der Waals surface area contributed by atoms with Gasteiger partial charge in [0.2, 0.25) is 5.91 Å². The first-order valence-electron chi connectivity index (χ1n) is 12.6. The van der Waals surface area contributed by atoms with Crippen LogP contribution in [0.5, 0.6) is 0 Å². The zero-order valence-corrected chi connectivity index (χ0v) is 22.3. The van der Waals surface area contributed by atoms with Crippen molar-refractivity contribution in [2.45, 2.75) is 76.1 Å². The zero-order chi connectivity index (χ0) is 24.5. The summed E-state index contributed by atoms with van der Waals surface area (Å²) in [5.74, 6) is 0.517. The Bertz CT molecular complexity index is 1260. The summed E-state index contributed by atoms with van der Waals surface area (Å²) in [5, 5.41) is 1.04. The topological polar surface area (TPSA) is 64.4 Å². The molecule has 2 atom stereocenters. The van der Waals surface area contributed by atoms with E-state index in [1.165, 1.54) is 18.2 Å². The molecule has 0 spiro atoms. The van der Waals surface area contributed by atoms with Crippen molar-refractivity contribution in [3.8, 4) is 0 Å². The average molecular weight is 512 g/mol. The predicted octanol–water partition coefficient (Wildman–Crippen LogP) is 5.10. The van der Waals surface area contributed by atoms with Crippen LogP contribution in [-0.2, 0) is 29.1 Å². The predicted molar refractivity (Wildman–Crippen MR) is 142 cm³/mol. The number of benzene rings is 1. The van der Waals surface area contributed by atoms with E-state index in [0.29, 0.717) is 24.2 Å². The molecule has 0 radical (unpaired) electrons. The number of thioether (sulfide) groups is 1. The lowest BCUT2D eigenvalue weighted by atomic mass is 9.96. The van der Waals surface area contributed by atoms with Gasteiger partial charge in [-0.1, -0.05) is 55.9 Å². The van der Waals surface area contributed by atoms with Gasteiger partial charge < -0.3 is 9.64 Å². The van der Waals surface area contributed by atoms with Gasteiger partial charge in [-0.15, -0.1) is 11.3 Å². The number of piperidine rings is 1. The van der Waals surface area contributed by atoms with Crippen molar-refractivity contribution in [1.29, 1.82) is 0 Å². The van der Waals surface area contributed by atoms with Gasteiger partial charge in [0.05, 0.1) is 29.9 Å². The number of carbonyl (C=O) groups excluding carboxylic acids is 1. The minimum absolute atomic E-state index is 0.0131. The van der Waals surface area contributed by atoms with E-state index >= 15 is 0 Å². The summed E-state index contributed by atoms with van der Waals surface area (Å²) in [5.41, 5.74) is 2.13. The van der Waals surface area contributed by atoms with E-state index < -0.39 is 0 Å². The second-order valence-corrected chi connectivity index (χ2v) is 12.3. The van der Waals surface area contributed by atoms with E-state index in [1.807, 2.05) is 42.2 Å². The molecule has 1 aromatic carbocycles. The highest BCUT2D eigenvalue weighted by atomic mass is 32.2. The molecule has 2 aromatic heterocycles. The first kappa shape index (κ1) is 24.5. The number of aromatic nitrogens is 2. The summed E-state index contributed by atoms with van der Waals surface area (Å²) in [7, 11) is 0. The molecule has 35 heavy (non-hydrogen) atoms. The minimum atomic E-state index is -0.303. The third-order valence-corrected chi connectivity index (χ3v) is 9.19. The number of carbonyl (C=O) groups is 1. The number of rotatable bonds is 6. The van der Waals surface area contributed by atoms with Gasteiger partial charge in [0.1, 0.15) is 4.83 Å². The Kier molecular flexibility index (Phi) is 7.32. The summed E-state index contributed by atoms with van der Waals surface area (Å²) in [6.07, 6.45) is 4.16. The van der Waals surface area contributed by atoms with Crippen LogP contribution >= 0.6 is 23.1 Å². The van der Waals surface area contributed by atoms with Gasteiger partial charge in [0.25, 0.3) is 5.56 Å². The maximum absolute atomic E-state index is 14.0. The van der Waals surface area contributed by atoms with Crippen molar-refractivity contribution in [3.63, 3.8) is 0 Å². The lowest BCUT2D eigenvalue weighted by molar-refractivity contribution is -0.131. The number of hydrogen-bond acceptors (Lipinski definition) is 6. The summed E-state index contributed by atoms with van der Waals surface area (Å²) < 4.78 is 7.85. The third-order valence-electron chi connectivity index (χ3n) is 7.02. The van der Waals surface area contributed by atoms with Crippen LogP contribution in [0.25, 0.3) is 10.2 Å². The Balaban J connectivity index is 1.55. The van der Waals surface area contributed by atoms with Gasteiger partial charge in [0, 0.05) is 24.4 Å². The molecule has 2 aliphatic rings. The highest BCUT2D eigenvalue weighted by molar-refractivity contribution is 8.00. The summed E-state index contributed by atoms with van der Waals surface area (Å²) in [4.78, 5) is 36.0. The largest absolute Gasteiger partial charge is 0.372 e. The second kappa shape index (κ2) is 10.4. The van der Waals surface area contributed by atoms with E-state index in [9.17, 15) is 9.59 Å². The Hall–Kier alpha value is -2.16. The van der Waals surface area contributed by atoms with E-state index in [2.05, 4.69) is 13.8 Å². The second-order valence-electron chi connectivity index (χ2n) is 9.90. The molecular formula is C27H33N3O3S2. The average Bonchev–Trinajstić information content (AvgIpc) is 3.24. The van der Waals surface area contributed by atoms with Crippen molar-refractivity contribution in [1.82, 2.24) is 14.5 Å². The molecule has 3 aromatic rings. The standard InChI is InChI=1S/C27H33N3O3S2/c1-17(2)21-14-20-22(16-33-21)35-24-23(20)26(32)30(15-19-10-6-4-7-11-19)27(28-24)34-18(3)25(31)29-12-8-5-9-13-29/h4,6-7,10-11,17-18,21H,5,8-9,12-16H2,1-3H3. The van der Waals surface area contributed by atoms with Gasteiger partial charge in [0.15, 0.2) is 5.16 Å². The zero-order valence-electron chi connectivity index (χ0n) is 20.7. The van der Waals surface area contributed by atoms with Gasteiger partial charge in [-0.25, -0.2) is 4.98 Å². The monoisotopic (exact) mass is 511 g/mol. The van der Waals surface area contributed by atoms with E-state index in [4.69, 9.17) is 9.72 Å². The van der Waals surface area contributed by atoms with E-state index in [-0.39, 0.29) is 22.8 Å². The fourth-order valence-corrected chi connectivity index (χ4v) is 7.10. The molecule has 6 nitrogen and oxygen atoms in total. The van der Waals surface area contributed by atoms with Crippen LogP contribution < -0.4 is 5.56 Å². The molecule has 5 rings (SSSR count). The molecule has 0 saturated carbocycles. The van der Waals surface area contributed by atoms with Crippen LogP contribution in [0.2, 0.25) is 0 Å². The van der Waals surface area contributed by atoms with Crippen molar-refractivity contribution in [3.05, 3.63) is 56.7 Å². The van der Waals surface area contributed by atoms with Gasteiger partial charge in [-0.3, -0.25) is 14.2 Å². The number of nitrogens with zero attached hydrogens (tertiary/aromatic N) is 3. The third kappa shape index (κ3) is 5.06. The number of hydrogen-bond donors (Lipinski definition) is 0. The fraction of sp³-hybridized carbons (Fsp3) is 0.519. The van der Waals surface area contributed by atoms with Crippen LogP contribution in [0.3, 0.4) is 0 Å². The van der Waals surface area contributed by atoms with Crippen LogP contribution in [0.15, 0.2) is 40.3 Å². The molecule has 0 N–H and O–H groups in total. The summed E-state index contributed by atoms with van der Waals surface area (Å²) in [6.45, 7) is 8.86. The molecule has 8 heteroatoms. The van der Waals surface area contributed by atoms with Gasteiger partial charge in [-0.2, -0.15) is 0 Å². The molecule has 186 valence electrons. The molecular weight excluding hydrogens is 478 g/mol.